The minimum absolute atomic E-state index is 0.197. The molecule has 2 N–H and O–H groups in total. The van der Waals surface area contributed by atoms with Gasteiger partial charge in [-0.3, -0.25) is 4.90 Å². The number of nitrogens with zero attached hydrogens (tertiary/aromatic N) is 1. The van der Waals surface area contributed by atoms with Crippen LogP contribution >= 0.6 is 0 Å². The third-order valence-corrected chi connectivity index (χ3v) is 2.88. The van der Waals surface area contributed by atoms with Crippen molar-refractivity contribution in [2.24, 2.45) is 0 Å². The molecule has 84 valence electrons. The molecule has 0 radical (unpaired) electrons. The molecule has 2 unspecified atom stereocenters. The average molecular weight is 200 g/mol. The van der Waals surface area contributed by atoms with E-state index in [1.807, 2.05) is 6.92 Å². The van der Waals surface area contributed by atoms with Crippen molar-refractivity contribution < 1.29 is 5.11 Å². The van der Waals surface area contributed by atoms with Gasteiger partial charge < -0.3 is 10.4 Å². The number of piperidine rings is 1. The molecule has 3 heteroatoms. The normalized spacial score (nSPS) is 26.4. The molecule has 14 heavy (non-hydrogen) atoms. The van der Waals surface area contributed by atoms with E-state index in [1.54, 1.807) is 0 Å². The second-order valence-electron chi connectivity index (χ2n) is 4.30. The maximum absolute atomic E-state index is 9.39. The van der Waals surface area contributed by atoms with Gasteiger partial charge in [0.05, 0.1) is 6.10 Å². The summed E-state index contributed by atoms with van der Waals surface area (Å²) >= 11 is 0. The molecule has 2 atom stereocenters. The number of β-amino-alcohol motifs (C(OH)–C–C–N with tert-alkyl or cyclic N) is 1. The summed E-state index contributed by atoms with van der Waals surface area (Å²) in [6.07, 6.45) is 3.71. The maximum Gasteiger partial charge on any atom is 0.0639 e. The van der Waals surface area contributed by atoms with E-state index in [-0.39, 0.29) is 6.10 Å². The number of rotatable bonds is 5. The van der Waals surface area contributed by atoms with Crippen molar-refractivity contribution in [1.82, 2.24) is 10.2 Å². The van der Waals surface area contributed by atoms with E-state index in [4.69, 9.17) is 0 Å². The van der Waals surface area contributed by atoms with Gasteiger partial charge in [-0.15, -0.1) is 0 Å². The molecule has 0 spiro atoms. The van der Waals surface area contributed by atoms with Crippen LogP contribution in [0, 0.1) is 0 Å². The van der Waals surface area contributed by atoms with Crippen molar-refractivity contribution in [2.45, 2.75) is 45.3 Å². The van der Waals surface area contributed by atoms with E-state index in [2.05, 4.69) is 17.1 Å². The molecule has 3 nitrogen and oxygen atoms in total. The van der Waals surface area contributed by atoms with E-state index in [0.29, 0.717) is 6.04 Å². The van der Waals surface area contributed by atoms with Crippen LogP contribution in [-0.4, -0.2) is 48.3 Å². The lowest BCUT2D eigenvalue weighted by atomic mass is 10.0. The van der Waals surface area contributed by atoms with E-state index >= 15 is 0 Å². The largest absolute Gasteiger partial charge is 0.392 e. The Morgan fingerprint density at radius 2 is 2.29 bits per heavy atom. The predicted octanol–water partition coefficient (Wildman–Crippen LogP) is 0.831. The number of likely N-dealkylation sites (tertiary alicyclic amines) is 1. The second-order valence-corrected chi connectivity index (χ2v) is 4.30. The van der Waals surface area contributed by atoms with Crippen LogP contribution in [0.4, 0.5) is 0 Å². The average Bonchev–Trinajstić information content (AvgIpc) is 2.16. The first-order valence-electron chi connectivity index (χ1n) is 5.87. The summed E-state index contributed by atoms with van der Waals surface area (Å²) in [4.78, 5) is 2.43. The fourth-order valence-electron chi connectivity index (χ4n) is 2.18. The molecule has 0 aromatic rings. The first-order chi connectivity index (χ1) is 6.74. The van der Waals surface area contributed by atoms with Crippen LogP contribution in [0.5, 0.6) is 0 Å². The lowest BCUT2D eigenvalue weighted by Gasteiger charge is -2.36. The summed E-state index contributed by atoms with van der Waals surface area (Å²) in [6, 6.07) is 0.637. The number of aliphatic hydroxyl groups excluding tert-OH is 1. The van der Waals surface area contributed by atoms with E-state index in [0.717, 1.165) is 26.2 Å². The third-order valence-electron chi connectivity index (χ3n) is 2.88. The Labute approximate surface area is 87.5 Å². The van der Waals surface area contributed by atoms with Crippen molar-refractivity contribution in [2.75, 3.05) is 26.2 Å². The van der Waals surface area contributed by atoms with Crippen molar-refractivity contribution in [3.63, 3.8) is 0 Å². The van der Waals surface area contributed by atoms with Crippen LogP contribution in [0.1, 0.15) is 33.1 Å². The van der Waals surface area contributed by atoms with Gasteiger partial charge in [-0.05, 0) is 32.9 Å². The van der Waals surface area contributed by atoms with Gasteiger partial charge in [-0.1, -0.05) is 13.3 Å². The molecule has 0 saturated carbocycles. The fraction of sp³-hybridized carbons (Fsp3) is 1.00. The highest BCUT2D eigenvalue weighted by atomic mass is 16.3. The minimum atomic E-state index is -0.197. The Morgan fingerprint density at radius 3 is 2.93 bits per heavy atom. The summed E-state index contributed by atoms with van der Waals surface area (Å²) in [5.41, 5.74) is 0. The van der Waals surface area contributed by atoms with Crippen molar-refractivity contribution in [3.05, 3.63) is 0 Å². The fourth-order valence-corrected chi connectivity index (χ4v) is 2.18. The molecule has 1 fully saturated rings. The Kier molecular flexibility index (Phi) is 5.45. The number of hydrogen-bond donors (Lipinski definition) is 2. The van der Waals surface area contributed by atoms with Gasteiger partial charge in [-0.2, -0.15) is 0 Å². The van der Waals surface area contributed by atoms with Crippen LogP contribution in [0.15, 0.2) is 0 Å². The summed E-state index contributed by atoms with van der Waals surface area (Å²) in [5, 5.41) is 12.8. The van der Waals surface area contributed by atoms with Gasteiger partial charge in [0, 0.05) is 19.1 Å². The summed E-state index contributed by atoms with van der Waals surface area (Å²) < 4.78 is 0. The summed E-state index contributed by atoms with van der Waals surface area (Å²) in [5.74, 6) is 0. The van der Waals surface area contributed by atoms with Crippen molar-refractivity contribution in [1.29, 1.82) is 0 Å². The SMILES string of the molecule is CCNCC1CCCCN1CC(C)O. The van der Waals surface area contributed by atoms with E-state index in [1.165, 1.54) is 19.3 Å². The summed E-state index contributed by atoms with van der Waals surface area (Å²) in [7, 11) is 0. The van der Waals surface area contributed by atoms with Crippen molar-refractivity contribution in [3.8, 4) is 0 Å². The van der Waals surface area contributed by atoms with Crippen LogP contribution in [0.3, 0.4) is 0 Å². The Balaban J connectivity index is 2.33. The highest BCUT2D eigenvalue weighted by molar-refractivity contribution is 4.79. The van der Waals surface area contributed by atoms with Gasteiger partial charge in [0.2, 0.25) is 0 Å². The van der Waals surface area contributed by atoms with Gasteiger partial charge in [0.25, 0.3) is 0 Å². The monoisotopic (exact) mass is 200 g/mol. The minimum Gasteiger partial charge on any atom is -0.392 e. The lowest BCUT2D eigenvalue weighted by Crippen LogP contribution is -2.47. The Bertz CT molecular complexity index is 150. The number of nitrogens with one attached hydrogen (secondary N) is 1. The zero-order valence-electron chi connectivity index (χ0n) is 9.50. The smallest absolute Gasteiger partial charge is 0.0639 e. The molecule has 1 rings (SSSR count). The number of hydrogen-bond acceptors (Lipinski definition) is 3. The Hall–Kier alpha value is -0.120. The lowest BCUT2D eigenvalue weighted by molar-refractivity contribution is 0.0763. The third kappa shape index (κ3) is 3.95. The zero-order valence-corrected chi connectivity index (χ0v) is 9.50. The molecule has 1 heterocycles. The predicted molar refractivity (Wildman–Crippen MR) is 59.4 cm³/mol. The van der Waals surface area contributed by atoms with Crippen LogP contribution in [0.2, 0.25) is 0 Å². The highest BCUT2D eigenvalue weighted by Gasteiger charge is 2.22. The second kappa shape index (κ2) is 6.38. The molecule has 0 aromatic heterocycles. The number of aliphatic hydroxyl groups is 1. The number of likely N-dealkylation sites (N-methyl/N-ethyl adjacent to an activating group) is 1. The van der Waals surface area contributed by atoms with Crippen molar-refractivity contribution >= 4 is 0 Å². The van der Waals surface area contributed by atoms with Crippen LogP contribution in [-0.2, 0) is 0 Å². The van der Waals surface area contributed by atoms with E-state index in [9.17, 15) is 5.11 Å². The van der Waals surface area contributed by atoms with Crippen LogP contribution in [0.25, 0.3) is 0 Å². The molecule has 1 aliphatic rings. The van der Waals surface area contributed by atoms with Gasteiger partial charge in [-0.25, -0.2) is 0 Å². The molecule has 0 aromatic carbocycles. The molecular formula is C11H24N2O. The molecule has 0 amide bonds. The standard InChI is InChI=1S/C11H24N2O/c1-3-12-8-11-6-4-5-7-13(11)9-10(2)14/h10-12,14H,3-9H2,1-2H3. The molecule has 0 aliphatic carbocycles. The zero-order chi connectivity index (χ0) is 10.4. The first-order valence-corrected chi connectivity index (χ1v) is 5.87. The molecule has 1 saturated heterocycles. The van der Waals surface area contributed by atoms with E-state index < -0.39 is 0 Å². The van der Waals surface area contributed by atoms with Gasteiger partial charge in [0.1, 0.15) is 0 Å². The molecule has 0 bridgehead atoms. The first kappa shape index (κ1) is 12.0. The molecular weight excluding hydrogens is 176 g/mol. The van der Waals surface area contributed by atoms with Gasteiger partial charge in [0.15, 0.2) is 0 Å². The van der Waals surface area contributed by atoms with Crippen LogP contribution < -0.4 is 5.32 Å². The van der Waals surface area contributed by atoms with Gasteiger partial charge >= 0.3 is 0 Å². The Morgan fingerprint density at radius 1 is 1.50 bits per heavy atom. The molecule has 1 aliphatic heterocycles. The quantitative estimate of drug-likeness (QED) is 0.690. The topological polar surface area (TPSA) is 35.5 Å². The maximum atomic E-state index is 9.39. The highest BCUT2D eigenvalue weighted by Crippen LogP contribution is 2.16. The summed E-state index contributed by atoms with van der Waals surface area (Å²) in [6.45, 7) is 8.11.